The zero-order valence-electron chi connectivity index (χ0n) is 14.4. The summed E-state index contributed by atoms with van der Waals surface area (Å²) in [5.74, 6) is 0.449. The number of rotatable bonds is 3. The smallest absolute Gasteiger partial charge is 0.293 e. The van der Waals surface area contributed by atoms with E-state index < -0.39 is 5.97 Å². The van der Waals surface area contributed by atoms with Crippen LogP contribution >= 0.6 is 0 Å². The Hall–Kier alpha value is -1.35. The Kier molecular flexibility index (Phi) is 5.28. The average molecular weight is 304 g/mol. The predicted octanol–water partition coefficient (Wildman–Crippen LogP) is 4.90. The van der Waals surface area contributed by atoms with Crippen molar-refractivity contribution in [1.82, 2.24) is 0 Å². The lowest BCUT2D eigenvalue weighted by Crippen LogP contribution is -2.33. The fourth-order valence-electron chi connectivity index (χ4n) is 3.09. The summed E-state index contributed by atoms with van der Waals surface area (Å²) in [5, 5.41) is 0. The molecule has 122 valence electrons. The molecule has 0 aromatic heterocycles. The van der Waals surface area contributed by atoms with Crippen LogP contribution in [0.5, 0.6) is 0 Å². The van der Waals surface area contributed by atoms with E-state index in [1.165, 1.54) is 12.0 Å². The molecule has 0 radical (unpaired) electrons. The predicted molar refractivity (Wildman–Crippen MR) is 87.6 cm³/mol. The largest absolute Gasteiger partial charge is 0.373 e. The third-order valence-electron chi connectivity index (χ3n) is 4.66. The summed E-state index contributed by atoms with van der Waals surface area (Å²) in [5.41, 5.74) is 1.80. The van der Waals surface area contributed by atoms with Crippen molar-refractivity contribution in [3.05, 3.63) is 35.4 Å². The van der Waals surface area contributed by atoms with Crippen molar-refractivity contribution in [1.29, 1.82) is 0 Å². The van der Waals surface area contributed by atoms with Gasteiger partial charge < -0.3 is 0 Å². The molecule has 0 spiro atoms. The molecule has 0 saturated heterocycles. The van der Waals surface area contributed by atoms with Gasteiger partial charge >= 0.3 is 5.97 Å². The summed E-state index contributed by atoms with van der Waals surface area (Å²) in [6.07, 6.45) is 3.50. The van der Waals surface area contributed by atoms with Gasteiger partial charge in [0.15, 0.2) is 0 Å². The third kappa shape index (κ3) is 4.10. The van der Waals surface area contributed by atoms with Gasteiger partial charge in [-0.25, -0.2) is 4.79 Å². The van der Waals surface area contributed by atoms with Crippen molar-refractivity contribution in [2.45, 2.75) is 65.4 Å². The van der Waals surface area contributed by atoms with Gasteiger partial charge in [0.25, 0.3) is 0 Å². The minimum absolute atomic E-state index is 0.00606. The van der Waals surface area contributed by atoms with E-state index in [1.807, 2.05) is 12.1 Å². The average Bonchev–Trinajstić information content (AvgIpc) is 2.46. The quantitative estimate of drug-likeness (QED) is 0.588. The molecule has 1 fully saturated rings. The van der Waals surface area contributed by atoms with Crippen LogP contribution in [0, 0.1) is 11.8 Å². The fraction of sp³-hybridized carbons (Fsp3) is 0.632. The lowest BCUT2D eigenvalue weighted by Gasteiger charge is -2.32. The van der Waals surface area contributed by atoms with E-state index in [-0.39, 0.29) is 11.5 Å². The van der Waals surface area contributed by atoms with Gasteiger partial charge in [0.05, 0.1) is 5.56 Å². The summed E-state index contributed by atoms with van der Waals surface area (Å²) in [6.45, 7) is 10.8. The molecular formula is C19H28O3. The molecule has 0 bridgehead atoms. The highest BCUT2D eigenvalue weighted by Crippen LogP contribution is 2.31. The van der Waals surface area contributed by atoms with E-state index in [0.717, 1.165) is 12.8 Å². The summed E-state index contributed by atoms with van der Waals surface area (Å²) in [7, 11) is 0. The molecule has 0 amide bonds. The van der Waals surface area contributed by atoms with Crippen LogP contribution in [0.2, 0.25) is 0 Å². The normalized spacial score (nSPS) is 25.8. The first-order valence-electron chi connectivity index (χ1n) is 8.27. The van der Waals surface area contributed by atoms with Gasteiger partial charge in [0, 0.05) is 0 Å². The van der Waals surface area contributed by atoms with E-state index in [9.17, 15) is 4.79 Å². The monoisotopic (exact) mass is 304 g/mol. The number of hydrogen-bond donors (Lipinski definition) is 0. The molecule has 1 aliphatic carbocycles. The number of carbonyl (C=O) groups excluding carboxylic acids is 1. The van der Waals surface area contributed by atoms with E-state index >= 15 is 0 Å². The van der Waals surface area contributed by atoms with E-state index in [4.69, 9.17) is 9.78 Å². The number of hydrogen-bond acceptors (Lipinski definition) is 3. The van der Waals surface area contributed by atoms with Gasteiger partial charge in [0.1, 0.15) is 6.10 Å². The third-order valence-corrected chi connectivity index (χ3v) is 4.66. The molecule has 1 saturated carbocycles. The molecule has 3 nitrogen and oxygen atoms in total. The van der Waals surface area contributed by atoms with Gasteiger partial charge in [-0.2, -0.15) is 4.89 Å². The van der Waals surface area contributed by atoms with Crippen LogP contribution in [0.15, 0.2) is 24.3 Å². The van der Waals surface area contributed by atoms with E-state index in [2.05, 4.69) is 34.6 Å². The van der Waals surface area contributed by atoms with Crippen LogP contribution in [-0.4, -0.2) is 12.1 Å². The van der Waals surface area contributed by atoms with Crippen molar-refractivity contribution in [2.24, 2.45) is 11.8 Å². The molecule has 22 heavy (non-hydrogen) atoms. The van der Waals surface area contributed by atoms with Crippen molar-refractivity contribution < 1.29 is 14.6 Å². The van der Waals surface area contributed by atoms with E-state index in [0.29, 0.717) is 17.4 Å². The maximum atomic E-state index is 12.1. The molecule has 2 rings (SSSR count). The zero-order chi connectivity index (χ0) is 16.3. The lowest BCUT2D eigenvalue weighted by atomic mass is 9.81. The first-order chi connectivity index (χ1) is 10.3. The highest BCUT2D eigenvalue weighted by molar-refractivity contribution is 5.88. The maximum Gasteiger partial charge on any atom is 0.373 e. The topological polar surface area (TPSA) is 35.5 Å². The standard InChI is InChI=1S/C19H28O3/c1-13-7-6-8-14(2)17(13)21-22-18(20)15-9-11-16(12-10-15)19(3,4)5/h9-14,17H,6-8H2,1-5H3. The first-order valence-corrected chi connectivity index (χ1v) is 8.27. The molecule has 2 unspecified atom stereocenters. The summed E-state index contributed by atoms with van der Waals surface area (Å²) >= 11 is 0. The molecule has 1 aromatic rings. The van der Waals surface area contributed by atoms with Crippen LogP contribution in [0.3, 0.4) is 0 Å². The molecule has 3 heteroatoms. The Labute approximate surface area is 133 Å². The Morgan fingerprint density at radius 3 is 2.09 bits per heavy atom. The van der Waals surface area contributed by atoms with Crippen molar-refractivity contribution in [3.63, 3.8) is 0 Å². The first kappa shape index (κ1) is 17.0. The van der Waals surface area contributed by atoms with Crippen molar-refractivity contribution in [2.75, 3.05) is 0 Å². The molecule has 0 aliphatic heterocycles. The van der Waals surface area contributed by atoms with Crippen LogP contribution in [0.1, 0.15) is 69.8 Å². The minimum Gasteiger partial charge on any atom is -0.293 e. The second-order valence-corrected chi connectivity index (χ2v) is 7.64. The molecular weight excluding hydrogens is 276 g/mol. The lowest BCUT2D eigenvalue weighted by molar-refractivity contribution is -0.299. The fourth-order valence-corrected chi connectivity index (χ4v) is 3.09. The molecule has 1 aromatic carbocycles. The Morgan fingerprint density at radius 1 is 1.05 bits per heavy atom. The minimum atomic E-state index is -0.412. The van der Waals surface area contributed by atoms with Gasteiger partial charge in [0.2, 0.25) is 0 Å². The van der Waals surface area contributed by atoms with Gasteiger partial charge in [-0.1, -0.05) is 53.2 Å². The Balaban J connectivity index is 1.94. The number of benzene rings is 1. The van der Waals surface area contributed by atoms with Gasteiger partial charge in [-0.3, -0.25) is 4.89 Å². The van der Waals surface area contributed by atoms with Crippen LogP contribution in [-0.2, 0) is 15.2 Å². The molecule has 2 atom stereocenters. The van der Waals surface area contributed by atoms with Gasteiger partial charge in [-0.15, -0.1) is 0 Å². The van der Waals surface area contributed by atoms with E-state index in [1.54, 1.807) is 12.1 Å². The Bertz CT molecular complexity index is 488. The summed E-state index contributed by atoms with van der Waals surface area (Å²) in [6, 6.07) is 7.56. The zero-order valence-corrected chi connectivity index (χ0v) is 14.4. The highest BCUT2D eigenvalue weighted by Gasteiger charge is 2.30. The molecule has 0 N–H and O–H groups in total. The van der Waals surface area contributed by atoms with Crippen LogP contribution < -0.4 is 0 Å². The highest BCUT2D eigenvalue weighted by atomic mass is 17.2. The second-order valence-electron chi connectivity index (χ2n) is 7.64. The van der Waals surface area contributed by atoms with Crippen LogP contribution in [0.4, 0.5) is 0 Å². The SMILES string of the molecule is CC1CCCC(C)C1OOC(=O)c1ccc(C(C)(C)C)cc1. The van der Waals surface area contributed by atoms with Crippen molar-refractivity contribution >= 4 is 5.97 Å². The Morgan fingerprint density at radius 2 is 1.59 bits per heavy atom. The van der Waals surface area contributed by atoms with Gasteiger partial charge in [-0.05, 0) is 47.8 Å². The summed E-state index contributed by atoms with van der Waals surface area (Å²) < 4.78 is 0. The second kappa shape index (κ2) is 6.82. The maximum absolute atomic E-state index is 12.1. The molecule has 0 heterocycles. The number of carbonyl (C=O) groups is 1. The van der Waals surface area contributed by atoms with Crippen molar-refractivity contribution in [3.8, 4) is 0 Å². The van der Waals surface area contributed by atoms with Crippen LogP contribution in [0.25, 0.3) is 0 Å². The molecule has 1 aliphatic rings. The summed E-state index contributed by atoms with van der Waals surface area (Å²) in [4.78, 5) is 22.7.